The van der Waals surface area contributed by atoms with Crippen molar-refractivity contribution in [3.8, 4) is 0 Å². The van der Waals surface area contributed by atoms with Crippen LogP contribution in [0.4, 0.5) is 5.82 Å². The summed E-state index contributed by atoms with van der Waals surface area (Å²) in [6.45, 7) is 3.40. The Kier molecular flexibility index (Phi) is 3.78. The molecule has 0 amide bonds. The molecular weight excluding hydrogens is 200 g/mol. The molecule has 1 saturated carbocycles. The van der Waals surface area contributed by atoms with Crippen molar-refractivity contribution < 1.29 is 5.11 Å². The predicted octanol–water partition coefficient (Wildman–Crippen LogP) is 2.34. The average molecular weight is 220 g/mol. The van der Waals surface area contributed by atoms with Crippen LogP contribution in [0.2, 0.25) is 0 Å². The maximum absolute atomic E-state index is 9.13. The summed E-state index contributed by atoms with van der Waals surface area (Å²) in [5.41, 5.74) is 0.951. The summed E-state index contributed by atoms with van der Waals surface area (Å²) in [6, 6.07) is 4.57. The first-order valence-electron chi connectivity index (χ1n) is 6.17. The van der Waals surface area contributed by atoms with Gasteiger partial charge in [-0.05, 0) is 37.0 Å². The quantitative estimate of drug-likeness (QED) is 0.799. The van der Waals surface area contributed by atoms with Crippen molar-refractivity contribution >= 4 is 5.82 Å². The zero-order valence-corrected chi connectivity index (χ0v) is 9.89. The van der Waals surface area contributed by atoms with Crippen molar-refractivity contribution in [2.75, 3.05) is 11.4 Å². The Morgan fingerprint density at radius 2 is 2.31 bits per heavy atom. The third kappa shape index (κ3) is 2.73. The Morgan fingerprint density at radius 1 is 1.50 bits per heavy atom. The molecule has 1 fully saturated rings. The van der Waals surface area contributed by atoms with Crippen LogP contribution in [0.3, 0.4) is 0 Å². The molecule has 1 N–H and O–H groups in total. The van der Waals surface area contributed by atoms with Crippen molar-refractivity contribution in [3.63, 3.8) is 0 Å². The van der Waals surface area contributed by atoms with Gasteiger partial charge in [0.05, 0.1) is 6.61 Å². The highest BCUT2D eigenvalue weighted by Crippen LogP contribution is 2.31. The molecule has 1 aliphatic rings. The van der Waals surface area contributed by atoms with Gasteiger partial charge >= 0.3 is 0 Å². The lowest BCUT2D eigenvalue weighted by Gasteiger charge is -2.23. The van der Waals surface area contributed by atoms with Gasteiger partial charge in [0, 0.05) is 18.8 Å². The number of nitrogens with zero attached hydrogens (tertiary/aromatic N) is 2. The first kappa shape index (κ1) is 11.4. The Bertz CT molecular complexity index is 336. The molecule has 0 spiro atoms. The summed E-state index contributed by atoms with van der Waals surface area (Å²) in [6.07, 6.45) is 6.79. The number of aliphatic hydroxyl groups is 1. The second-order valence-electron chi connectivity index (χ2n) is 4.46. The average Bonchev–Trinajstić information content (AvgIpc) is 3.14. The van der Waals surface area contributed by atoms with Crippen LogP contribution in [0.15, 0.2) is 18.3 Å². The van der Waals surface area contributed by atoms with E-state index in [1.165, 1.54) is 25.7 Å². The molecule has 1 aromatic heterocycles. The molecule has 3 heteroatoms. The van der Waals surface area contributed by atoms with Crippen molar-refractivity contribution in [2.24, 2.45) is 0 Å². The summed E-state index contributed by atoms with van der Waals surface area (Å²) >= 11 is 0. The molecule has 0 saturated heterocycles. The van der Waals surface area contributed by atoms with Gasteiger partial charge in [0.2, 0.25) is 0 Å². The summed E-state index contributed by atoms with van der Waals surface area (Å²) in [4.78, 5) is 6.81. The lowest BCUT2D eigenvalue weighted by molar-refractivity contribution is 0.281. The summed E-state index contributed by atoms with van der Waals surface area (Å²) in [5.74, 6) is 1.03. The Hall–Kier alpha value is -1.09. The second-order valence-corrected chi connectivity index (χ2v) is 4.46. The number of pyridine rings is 1. The van der Waals surface area contributed by atoms with Gasteiger partial charge in [-0.25, -0.2) is 4.98 Å². The van der Waals surface area contributed by atoms with Crippen LogP contribution >= 0.6 is 0 Å². The minimum absolute atomic E-state index is 0.0990. The topological polar surface area (TPSA) is 36.4 Å². The van der Waals surface area contributed by atoms with Crippen molar-refractivity contribution in [2.45, 2.75) is 45.3 Å². The fourth-order valence-electron chi connectivity index (χ4n) is 1.91. The zero-order chi connectivity index (χ0) is 11.4. The van der Waals surface area contributed by atoms with E-state index >= 15 is 0 Å². The lowest BCUT2D eigenvalue weighted by Crippen LogP contribution is -2.27. The van der Waals surface area contributed by atoms with Crippen LogP contribution in [0.25, 0.3) is 0 Å². The van der Waals surface area contributed by atoms with Crippen molar-refractivity contribution in [3.05, 3.63) is 23.9 Å². The number of anilines is 1. The van der Waals surface area contributed by atoms with Gasteiger partial charge in [-0.1, -0.05) is 13.3 Å². The summed E-state index contributed by atoms with van der Waals surface area (Å²) in [5, 5.41) is 9.13. The highest BCUT2D eigenvalue weighted by molar-refractivity contribution is 5.43. The van der Waals surface area contributed by atoms with Crippen molar-refractivity contribution in [1.29, 1.82) is 0 Å². The monoisotopic (exact) mass is 220 g/mol. The highest BCUT2D eigenvalue weighted by atomic mass is 16.3. The van der Waals surface area contributed by atoms with E-state index in [9.17, 15) is 0 Å². The number of aromatic nitrogens is 1. The van der Waals surface area contributed by atoms with E-state index < -0.39 is 0 Å². The number of hydrogen-bond donors (Lipinski definition) is 1. The maximum atomic E-state index is 9.13. The third-order valence-electron chi connectivity index (χ3n) is 3.03. The minimum Gasteiger partial charge on any atom is -0.392 e. The van der Waals surface area contributed by atoms with E-state index in [1.807, 2.05) is 12.1 Å². The van der Waals surface area contributed by atoms with E-state index in [4.69, 9.17) is 5.11 Å². The maximum Gasteiger partial charge on any atom is 0.129 e. The lowest BCUT2D eigenvalue weighted by atomic mass is 10.2. The number of aliphatic hydroxyl groups excluding tert-OH is 1. The van der Waals surface area contributed by atoms with Gasteiger partial charge in [-0.2, -0.15) is 0 Å². The molecule has 1 aromatic rings. The molecule has 1 heterocycles. The fourth-order valence-corrected chi connectivity index (χ4v) is 1.91. The number of unbranched alkanes of at least 4 members (excludes halogenated alkanes) is 1. The van der Waals surface area contributed by atoms with Crippen LogP contribution in [0, 0.1) is 0 Å². The first-order valence-corrected chi connectivity index (χ1v) is 6.17. The van der Waals surface area contributed by atoms with Gasteiger partial charge in [0.1, 0.15) is 5.82 Å². The molecule has 0 bridgehead atoms. The number of rotatable bonds is 6. The highest BCUT2D eigenvalue weighted by Gasteiger charge is 2.29. The van der Waals surface area contributed by atoms with Crippen LogP contribution in [0.5, 0.6) is 0 Å². The van der Waals surface area contributed by atoms with E-state index in [1.54, 1.807) is 6.20 Å². The summed E-state index contributed by atoms with van der Waals surface area (Å²) < 4.78 is 0. The molecule has 0 aliphatic heterocycles. The molecule has 88 valence electrons. The van der Waals surface area contributed by atoms with Crippen molar-refractivity contribution in [1.82, 2.24) is 4.98 Å². The molecule has 0 aromatic carbocycles. The fraction of sp³-hybridized carbons (Fsp3) is 0.615. The molecule has 2 rings (SSSR count). The predicted molar refractivity (Wildman–Crippen MR) is 65.4 cm³/mol. The molecule has 0 radical (unpaired) electrons. The van der Waals surface area contributed by atoms with E-state index in [0.717, 1.165) is 17.9 Å². The van der Waals surface area contributed by atoms with Crippen LogP contribution < -0.4 is 4.90 Å². The Morgan fingerprint density at radius 3 is 2.94 bits per heavy atom. The smallest absolute Gasteiger partial charge is 0.129 e. The van der Waals surface area contributed by atoms with Crippen LogP contribution in [-0.4, -0.2) is 22.7 Å². The molecule has 3 nitrogen and oxygen atoms in total. The largest absolute Gasteiger partial charge is 0.392 e. The molecule has 0 unspecified atom stereocenters. The molecule has 1 aliphatic carbocycles. The van der Waals surface area contributed by atoms with E-state index in [2.05, 4.69) is 16.8 Å². The van der Waals surface area contributed by atoms with Crippen LogP contribution in [-0.2, 0) is 6.61 Å². The first-order chi connectivity index (χ1) is 7.85. The normalized spacial score (nSPS) is 15.1. The Balaban J connectivity index is 2.10. The second kappa shape index (κ2) is 5.30. The number of hydrogen-bond acceptors (Lipinski definition) is 3. The minimum atomic E-state index is 0.0990. The molecule has 0 atom stereocenters. The summed E-state index contributed by atoms with van der Waals surface area (Å²) in [7, 11) is 0. The van der Waals surface area contributed by atoms with E-state index in [0.29, 0.717) is 6.04 Å². The van der Waals surface area contributed by atoms with Gasteiger partial charge in [0.25, 0.3) is 0 Å². The van der Waals surface area contributed by atoms with Crippen LogP contribution in [0.1, 0.15) is 38.2 Å². The van der Waals surface area contributed by atoms with Gasteiger partial charge in [-0.15, -0.1) is 0 Å². The SMILES string of the molecule is CCCCN(c1cc(CO)ccn1)C1CC1. The van der Waals surface area contributed by atoms with Gasteiger partial charge in [0.15, 0.2) is 0 Å². The third-order valence-corrected chi connectivity index (χ3v) is 3.03. The van der Waals surface area contributed by atoms with Gasteiger partial charge in [-0.3, -0.25) is 0 Å². The standard InChI is InChI=1S/C13H20N2O/c1-2-3-8-15(12-4-5-12)13-9-11(10-16)6-7-14-13/h6-7,9,12,16H,2-5,8,10H2,1H3. The van der Waals surface area contributed by atoms with Gasteiger partial charge < -0.3 is 10.0 Å². The molecule has 16 heavy (non-hydrogen) atoms. The molecular formula is C13H20N2O. The Labute approximate surface area is 97.1 Å². The van der Waals surface area contributed by atoms with E-state index in [-0.39, 0.29) is 6.61 Å². The zero-order valence-electron chi connectivity index (χ0n) is 9.89.